The Bertz CT molecular complexity index is 1890. The van der Waals surface area contributed by atoms with E-state index in [4.69, 9.17) is 23.7 Å². The summed E-state index contributed by atoms with van der Waals surface area (Å²) in [5.41, 5.74) is -4.30. The lowest BCUT2D eigenvalue weighted by atomic mass is 9.73. The van der Waals surface area contributed by atoms with Crippen LogP contribution in [0.3, 0.4) is 0 Å². The molecule has 4 rings (SSSR count). The van der Waals surface area contributed by atoms with Gasteiger partial charge in [0.2, 0.25) is 5.91 Å². The quantitative estimate of drug-likeness (QED) is 0.0278. The van der Waals surface area contributed by atoms with E-state index in [2.05, 4.69) is 27.9 Å². The molecule has 20 atom stereocenters. The monoisotopic (exact) mass is 1140 g/mol. The van der Waals surface area contributed by atoms with Gasteiger partial charge in [0.1, 0.15) is 36.1 Å². The fourth-order valence-corrected chi connectivity index (χ4v) is 13.3. The van der Waals surface area contributed by atoms with Gasteiger partial charge in [-0.05, 0) is 118 Å². The van der Waals surface area contributed by atoms with Gasteiger partial charge in [0.05, 0.1) is 71.8 Å². The molecule has 1 unspecified atom stereocenters. The number of halogens is 1. The maximum absolute atomic E-state index is 14.5. The third-order valence-corrected chi connectivity index (χ3v) is 17.4. The number of rotatable bonds is 17. The zero-order chi connectivity index (χ0) is 54.2. The number of methoxy groups -OCH3 is 1. The number of aliphatic hydroxyl groups is 7. The SMILES string of the molecule is CC[C@H]1OC(=O)[C@H](C)[C@@H](C2C[C@@](C)(OC)[C@@H](O)[C@H](C)O2)[C@H](I)[C@@H](OC[C@@H]2O[C@H](C)C[C@H](N(C)CCCCC(=O)N[C@H](CO)[C@H](O)c3ccc([N+](=O)[O-])cc3)[C@H]2O)[C@](C)(O)C[C@@H](C)CN(C)[C@H](C)[C@@H](O)[C@]1(C)O. The van der Waals surface area contributed by atoms with Gasteiger partial charge in [-0.25, -0.2) is 0 Å². The van der Waals surface area contributed by atoms with Crippen LogP contribution in [0.25, 0.3) is 0 Å². The molecular formula is C51H87IN4O16. The van der Waals surface area contributed by atoms with Crippen molar-refractivity contribution in [3.63, 3.8) is 0 Å². The van der Waals surface area contributed by atoms with Gasteiger partial charge in [-0.15, -0.1) is 0 Å². The van der Waals surface area contributed by atoms with E-state index in [0.29, 0.717) is 37.9 Å². The van der Waals surface area contributed by atoms with Crippen LogP contribution < -0.4 is 5.32 Å². The Labute approximate surface area is 439 Å². The Morgan fingerprint density at radius 2 is 1.68 bits per heavy atom. The number of esters is 1. The first kappa shape index (κ1) is 62.3. The van der Waals surface area contributed by atoms with Crippen molar-refractivity contribution >= 4 is 40.2 Å². The molecule has 0 radical (unpaired) electrons. The third-order valence-electron chi connectivity index (χ3n) is 15.9. The zero-order valence-electron chi connectivity index (χ0n) is 44.4. The number of aliphatic hydroxyl groups excluding tert-OH is 5. The highest BCUT2D eigenvalue weighted by Crippen LogP contribution is 2.44. The number of nitrogens with zero attached hydrogens (tertiary/aromatic N) is 3. The summed E-state index contributed by atoms with van der Waals surface area (Å²) in [7, 11) is 5.23. The fourth-order valence-electron chi connectivity index (χ4n) is 11.2. The molecule has 3 saturated heterocycles. The van der Waals surface area contributed by atoms with Crippen molar-refractivity contribution in [2.45, 2.75) is 207 Å². The number of likely N-dealkylation sites (N-methyl/N-ethyl adjacent to an activating group) is 2. The van der Waals surface area contributed by atoms with E-state index < -0.39 is 117 Å². The van der Waals surface area contributed by atoms with E-state index in [9.17, 15) is 55.4 Å². The Kier molecular flexibility index (Phi) is 23.1. The molecule has 0 saturated carbocycles. The van der Waals surface area contributed by atoms with Crippen molar-refractivity contribution in [3.05, 3.63) is 39.9 Å². The van der Waals surface area contributed by atoms with Crippen LogP contribution >= 0.6 is 22.6 Å². The molecule has 3 aliphatic heterocycles. The van der Waals surface area contributed by atoms with Crippen molar-refractivity contribution in [2.24, 2.45) is 17.8 Å². The summed E-state index contributed by atoms with van der Waals surface area (Å²) in [5, 5.41) is 94.0. The number of nitro groups is 1. The highest BCUT2D eigenvalue weighted by molar-refractivity contribution is 14.1. The lowest BCUT2D eigenvalue weighted by Gasteiger charge is -2.50. The molecule has 0 aliphatic carbocycles. The normalized spacial score (nSPS) is 39.8. The molecule has 20 nitrogen and oxygen atoms in total. The van der Waals surface area contributed by atoms with Gasteiger partial charge in [0.15, 0.2) is 0 Å². The highest BCUT2D eigenvalue weighted by atomic mass is 127. The second kappa shape index (κ2) is 26.7. The number of carbonyl (C=O) groups excluding carboxylic acids is 2. The van der Waals surface area contributed by atoms with Crippen LogP contribution in [0.1, 0.15) is 119 Å². The first-order valence-corrected chi connectivity index (χ1v) is 26.8. The van der Waals surface area contributed by atoms with Crippen molar-refractivity contribution in [3.8, 4) is 0 Å². The van der Waals surface area contributed by atoms with Crippen molar-refractivity contribution in [1.29, 1.82) is 0 Å². The molecule has 1 aromatic rings. The average molecular weight is 1140 g/mol. The van der Waals surface area contributed by atoms with Crippen molar-refractivity contribution in [1.82, 2.24) is 15.1 Å². The Hall–Kier alpha value is -2.23. The molecule has 0 aromatic heterocycles. The molecule has 1 aromatic carbocycles. The Morgan fingerprint density at radius 3 is 2.26 bits per heavy atom. The molecule has 3 heterocycles. The minimum absolute atomic E-state index is 0.0998. The second-order valence-corrected chi connectivity index (χ2v) is 23.3. The molecule has 72 heavy (non-hydrogen) atoms. The zero-order valence-corrected chi connectivity index (χ0v) is 46.6. The van der Waals surface area contributed by atoms with Gasteiger partial charge < -0.3 is 74.5 Å². The average Bonchev–Trinajstić information content (AvgIpc) is 3.32. The second-order valence-electron chi connectivity index (χ2n) is 21.8. The number of non-ortho nitro benzene ring substituents is 1. The summed E-state index contributed by atoms with van der Waals surface area (Å²) in [6.07, 6.45) is -7.04. The molecule has 8 N–H and O–H groups in total. The van der Waals surface area contributed by atoms with Crippen LogP contribution in [0.4, 0.5) is 5.69 Å². The number of cyclic esters (lactones) is 1. The van der Waals surface area contributed by atoms with Crippen LogP contribution in [0, 0.1) is 27.9 Å². The summed E-state index contributed by atoms with van der Waals surface area (Å²) >= 11 is 2.23. The topological polar surface area (TPSA) is 284 Å². The number of alkyl halides is 1. The van der Waals surface area contributed by atoms with E-state index in [1.807, 2.05) is 37.7 Å². The van der Waals surface area contributed by atoms with Gasteiger partial charge in [0.25, 0.3) is 5.69 Å². The van der Waals surface area contributed by atoms with Crippen LogP contribution in [0.15, 0.2) is 24.3 Å². The summed E-state index contributed by atoms with van der Waals surface area (Å²) in [6, 6.07) is 3.27. The summed E-state index contributed by atoms with van der Waals surface area (Å²) in [5.74, 6) is -2.88. The molecule has 0 bridgehead atoms. The van der Waals surface area contributed by atoms with E-state index in [0.717, 1.165) is 0 Å². The van der Waals surface area contributed by atoms with Crippen LogP contribution in [-0.4, -0.2) is 204 Å². The predicted molar refractivity (Wildman–Crippen MR) is 276 cm³/mol. The number of carbonyl (C=O) groups is 2. The van der Waals surface area contributed by atoms with E-state index in [1.165, 1.54) is 38.3 Å². The number of nitrogens with one attached hydrogen (secondary N) is 1. The van der Waals surface area contributed by atoms with Crippen LogP contribution in [-0.2, 0) is 33.3 Å². The molecule has 21 heteroatoms. The number of unbranched alkanes of at least 4 members (excludes halogenated alkanes) is 1. The molecule has 414 valence electrons. The van der Waals surface area contributed by atoms with E-state index in [-0.39, 0.29) is 61.9 Å². The van der Waals surface area contributed by atoms with Crippen LogP contribution in [0.5, 0.6) is 0 Å². The minimum Gasteiger partial charge on any atom is -0.459 e. The number of hydrogen-bond acceptors (Lipinski definition) is 18. The summed E-state index contributed by atoms with van der Waals surface area (Å²) in [4.78, 5) is 41.9. The molecule has 1 amide bonds. The van der Waals surface area contributed by atoms with Crippen molar-refractivity contribution < 1.29 is 73.9 Å². The van der Waals surface area contributed by atoms with Crippen molar-refractivity contribution in [2.75, 3.05) is 47.5 Å². The van der Waals surface area contributed by atoms with Gasteiger partial charge >= 0.3 is 5.97 Å². The van der Waals surface area contributed by atoms with Gasteiger partial charge in [0, 0.05) is 60.6 Å². The predicted octanol–water partition coefficient (Wildman–Crippen LogP) is 3.04. The first-order valence-electron chi connectivity index (χ1n) is 25.6. The number of hydrogen-bond donors (Lipinski definition) is 8. The number of amides is 1. The lowest BCUT2D eigenvalue weighted by molar-refractivity contribution is -0.384. The lowest BCUT2D eigenvalue weighted by Crippen LogP contribution is -2.61. The Morgan fingerprint density at radius 1 is 1.04 bits per heavy atom. The fraction of sp³-hybridized carbons (Fsp3) is 0.843. The number of ether oxygens (including phenoxy) is 5. The smallest absolute Gasteiger partial charge is 0.309 e. The summed E-state index contributed by atoms with van der Waals surface area (Å²) < 4.78 is 31.2. The standard InChI is InChI=1S/C51H87IN4O16/c1-13-39-51(9,65)45(61)31(5)55(11)25-28(2)23-49(7,64)47(42(52)41(30(4)48(63)72-39)37-24-50(8,68-12)46(62)32(6)71-37)69-27-38-44(60)36(22-29(3)70-38)54(10)21-15-14-16-40(58)53-35(26-57)43(59)33-17-19-34(20-18-33)56(66)67/h17-20,28-32,35-39,41-47,57,59-62,64-65H,13-16,21-27H2,1-12H3,(H,53,58)/t28-,29-,30-,31-,32+,35-,36+,37?,38+,39-,41+,42+,43-,44-,45-,46+,47-,49-,50-,51-/m1/s1. The maximum Gasteiger partial charge on any atom is 0.309 e. The third kappa shape index (κ3) is 15.2. The largest absolute Gasteiger partial charge is 0.459 e. The maximum atomic E-state index is 14.5. The molecular weight excluding hydrogens is 1050 g/mol. The van der Waals surface area contributed by atoms with Gasteiger partial charge in [-0.3, -0.25) is 19.7 Å². The number of benzene rings is 1. The van der Waals surface area contributed by atoms with E-state index >= 15 is 0 Å². The number of nitro benzene ring substituents is 1. The molecule has 3 aliphatic rings. The van der Waals surface area contributed by atoms with Gasteiger partial charge in [-0.1, -0.05) is 43.4 Å². The molecule has 0 spiro atoms. The highest BCUT2D eigenvalue weighted by Gasteiger charge is 2.55. The Balaban J connectivity index is 1.56. The summed E-state index contributed by atoms with van der Waals surface area (Å²) in [6.45, 7) is 16.1. The molecule has 3 fully saturated rings. The first-order chi connectivity index (χ1) is 33.5. The van der Waals surface area contributed by atoms with Gasteiger partial charge in [-0.2, -0.15) is 0 Å². The van der Waals surface area contributed by atoms with Crippen LogP contribution in [0.2, 0.25) is 0 Å². The minimum atomic E-state index is -1.83. The van der Waals surface area contributed by atoms with E-state index in [1.54, 1.807) is 41.5 Å².